The lowest BCUT2D eigenvalue weighted by Crippen LogP contribution is -2.60. The van der Waals surface area contributed by atoms with Crippen molar-refractivity contribution < 1.29 is 32.3 Å². The third-order valence-electron chi connectivity index (χ3n) is 3.26. The molecule has 6 nitrogen and oxygen atoms in total. The Balaban J connectivity index is 2.45. The minimum absolute atomic E-state index is 0.131. The summed E-state index contributed by atoms with van der Waals surface area (Å²) < 4.78 is 38.2. The van der Waals surface area contributed by atoms with E-state index in [1.165, 1.54) is 6.92 Å². The summed E-state index contributed by atoms with van der Waals surface area (Å²) >= 11 is 0. The van der Waals surface area contributed by atoms with E-state index >= 15 is 0 Å². The highest BCUT2D eigenvalue weighted by Gasteiger charge is 2.45. The molecule has 1 atom stereocenters. The van der Waals surface area contributed by atoms with Crippen molar-refractivity contribution in [3.8, 4) is 0 Å². The van der Waals surface area contributed by atoms with Crippen LogP contribution in [0.25, 0.3) is 0 Å². The zero-order chi connectivity index (χ0) is 17.4. The predicted octanol–water partition coefficient (Wildman–Crippen LogP) is 1.88. The summed E-state index contributed by atoms with van der Waals surface area (Å²) in [7, 11) is 0. The SMILES string of the molecule is CCC(=O)C1C(=O)NC(=O)N(c2cccc(C(F)(F)F)c2)C1=O. The Kier molecular flexibility index (Phi) is 4.22. The van der Waals surface area contributed by atoms with Gasteiger partial charge in [-0.3, -0.25) is 19.7 Å². The Hall–Kier alpha value is -2.71. The van der Waals surface area contributed by atoms with Crippen LogP contribution in [-0.2, 0) is 20.6 Å². The fourth-order valence-corrected chi connectivity index (χ4v) is 2.13. The standard InChI is InChI=1S/C14H11F3N2O4/c1-2-9(20)10-11(21)18-13(23)19(12(10)22)8-5-3-4-7(6-8)14(15,16)17/h3-6,10H,2H2,1H3,(H,18,21,23). The van der Waals surface area contributed by atoms with Gasteiger partial charge in [0.1, 0.15) is 0 Å². The minimum Gasteiger partial charge on any atom is -0.298 e. The highest BCUT2D eigenvalue weighted by molar-refractivity contribution is 6.34. The number of alkyl halides is 3. The number of halogens is 3. The summed E-state index contributed by atoms with van der Waals surface area (Å²) in [4.78, 5) is 47.8. The molecule has 1 fully saturated rings. The number of hydrogen-bond donors (Lipinski definition) is 1. The molecule has 0 aromatic heterocycles. The Morgan fingerprint density at radius 1 is 1.26 bits per heavy atom. The van der Waals surface area contributed by atoms with Crippen LogP contribution in [-0.4, -0.2) is 23.6 Å². The van der Waals surface area contributed by atoms with Crippen LogP contribution in [0.5, 0.6) is 0 Å². The van der Waals surface area contributed by atoms with Crippen LogP contribution in [0.15, 0.2) is 24.3 Å². The number of benzene rings is 1. The molecule has 1 heterocycles. The number of nitrogens with zero attached hydrogens (tertiary/aromatic N) is 1. The number of nitrogens with one attached hydrogen (secondary N) is 1. The first-order valence-electron chi connectivity index (χ1n) is 6.55. The van der Waals surface area contributed by atoms with Crippen molar-refractivity contribution in [2.24, 2.45) is 5.92 Å². The lowest BCUT2D eigenvalue weighted by molar-refractivity contribution is -0.141. The van der Waals surface area contributed by atoms with E-state index in [4.69, 9.17) is 0 Å². The average Bonchev–Trinajstić information content (AvgIpc) is 2.45. The molecule has 1 aromatic carbocycles. The predicted molar refractivity (Wildman–Crippen MR) is 71.3 cm³/mol. The van der Waals surface area contributed by atoms with Crippen LogP contribution in [0, 0.1) is 5.92 Å². The maximum atomic E-state index is 12.7. The number of anilines is 1. The van der Waals surface area contributed by atoms with Crippen molar-refractivity contribution in [2.45, 2.75) is 19.5 Å². The van der Waals surface area contributed by atoms with Crippen LogP contribution in [0.2, 0.25) is 0 Å². The smallest absolute Gasteiger partial charge is 0.298 e. The molecule has 1 saturated heterocycles. The molecule has 4 amide bonds. The first kappa shape index (κ1) is 16.7. The maximum Gasteiger partial charge on any atom is 0.416 e. The molecule has 23 heavy (non-hydrogen) atoms. The summed E-state index contributed by atoms with van der Waals surface area (Å²) in [6, 6.07) is 2.30. The zero-order valence-corrected chi connectivity index (χ0v) is 11.8. The summed E-state index contributed by atoms with van der Waals surface area (Å²) in [5.41, 5.74) is -1.44. The number of rotatable bonds is 3. The van der Waals surface area contributed by atoms with Crippen molar-refractivity contribution in [3.05, 3.63) is 29.8 Å². The minimum atomic E-state index is -4.67. The highest BCUT2D eigenvalue weighted by Crippen LogP contribution is 2.32. The number of barbiturate groups is 1. The summed E-state index contributed by atoms with van der Waals surface area (Å²) in [5, 5.41) is 1.81. The number of urea groups is 1. The normalized spacial score (nSPS) is 18.9. The van der Waals surface area contributed by atoms with Gasteiger partial charge in [-0.15, -0.1) is 0 Å². The van der Waals surface area contributed by atoms with Gasteiger partial charge in [-0.05, 0) is 18.2 Å². The van der Waals surface area contributed by atoms with Crippen LogP contribution in [0.4, 0.5) is 23.7 Å². The Morgan fingerprint density at radius 3 is 2.48 bits per heavy atom. The number of ketones is 1. The Labute approximate surface area is 128 Å². The maximum absolute atomic E-state index is 12.7. The quantitative estimate of drug-likeness (QED) is 0.859. The first-order valence-corrected chi connectivity index (χ1v) is 6.55. The van der Waals surface area contributed by atoms with Gasteiger partial charge in [-0.2, -0.15) is 13.2 Å². The fourth-order valence-electron chi connectivity index (χ4n) is 2.13. The molecule has 0 radical (unpaired) electrons. The number of amides is 4. The molecule has 0 saturated carbocycles. The van der Waals surface area contributed by atoms with Gasteiger partial charge >= 0.3 is 12.2 Å². The third kappa shape index (κ3) is 3.08. The zero-order valence-electron chi connectivity index (χ0n) is 11.8. The fraction of sp³-hybridized carbons (Fsp3) is 0.286. The molecule has 9 heteroatoms. The van der Waals surface area contributed by atoms with Crippen LogP contribution in [0.1, 0.15) is 18.9 Å². The van der Waals surface area contributed by atoms with E-state index in [2.05, 4.69) is 0 Å². The molecular weight excluding hydrogens is 317 g/mol. The van der Waals surface area contributed by atoms with Crippen LogP contribution in [0.3, 0.4) is 0 Å². The monoisotopic (exact) mass is 328 g/mol. The molecule has 0 aliphatic carbocycles. The van der Waals surface area contributed by atoms with Gasteiger partial charge in [0.2, 0.25) is 5.91 Å². The second kappa shape index (κ2) is 5.82. The van der Waals surface area contributed by atoms with Crippen molar-refractivity contribution in [1.29, 1.82) is 0 Å². The summed E-state index contributed by atoms with van der Waals surface area (Å²) in [6.07, 6.45) is -4.80. The van der Waals surface area contributed by atoms with Crippen molar-refractivity contribution in [2.75, 3.05) is 4.90 Å². The van der Waals surface area contributed by atoms with Gasteiger partial charge in [0.05, 0.1) is 11.3 Å². The summed E-state index contributed by atoms with van der Waals surface area (Å²) in [6.45, 7) is 1.42. The van der Waals surface area contributed by atoms with E-state index in [9.17, 15) is 32.3 Å². The van der Waals surface area contributed by atoms with Crippen LogP contribution >= 0.6 is 0 Å². The molecule has 1 unspecified atom stereocenters. The van der Waals surface area contributed by atoms with Crippen molar-refractivity contribution in [1.82, 2.24) is 5.32 Å². The van der Waals surface area contributed by atoms with E-state index in [-0.39, 0.29) is 12.1 Å². The molecular formula is C14H11F3N2O4. The van der Waals surface area contributed by atoms with E-state index in [1.807, 2.05) is 0 Å². The van der Waals surface area contributed by atoms with Gasteiger partial charge < -0.3 is 0 Å². The Morgan fingerprint density at radius 2 is 1.91 bits per heavy atom. The van der Waals surface area contributed by atoms with Gasteiger partial charge in [0.15, 0.2) is 11.7 Å². The molecule has 1 aromatic rings. The number of Topliss-reactive ketones (excluding diaryl/α,β-unsaturated/α-hetero) is 1. The largest absolute Gasteiger partial charge is 0.416 e. The second-order valence-electron chi connectivity index (χ2n) is 4.77. The molecule has 1 aliphatic rings. The molecule has 122 valence electrons. The van der Waals surface area contributed by atoms with E-state index in [1.54, 1.807) is 5.32 Å². The van der Waals surface area contributed by atoms with E-state index in [0.29, 0.717) is 11.0 Å². The first-order chi connectivity index (χ1) is 10.7. The molecule has 2 rings (SSSR count). The van der Waals surface area contributed by atoms with Gasteiger partial charge in [0.25, 0.3) is 5.91 Å². The lowest BCUT2D eigenvalue weighted by atomic mass is 9.97. The topological polar surface area (TPSA) is 83.6 Å². The average molecular weight is 328 g/mol. The lowest BCUT2D eigenvalue weighted by Gasteiger charge is -2.29. The molecule has 1 aliphatic heterocycles. The number of carbonyl (C=O) groups excluding carboxylic acids is 4. The molecule has 0 spiro atoms. The van der Waals surface area contributed by atoms with Gasteiger partial charge in [-0.25, -0.2) is 9.69 Å². The highest BCUT2D eigenvalue weighted by atomic mass is 19.4. The number of hydrogen-bond acceptors (Lipinski definition) is 4. The van der Waals surface area contributed by atoms with Crippen LogP contribution < -0.4 is 10.2 Å². The van der Waals surface area contributed by atoms with E-state index < -0.39 is 41.3 Å². The van der Waals surface area contributed by atoms with E-state index in [0.717, 1.165) is 18.2 Å². The number of carbonyl (C=O) groups is 4. The van der Waals surface area contributed by atoms with Crippen molar-refractivity contribution >= 4 is 29.3 Å². The number of imide groups is 2. The van der Waals surface area contributed by atoms with Crippen molar-refractivity contribution in [3.63, 3.8) is 0 Å². The Bertz CT molecular complexity index is 700. The van der Waals surface area contributed by atoms with Gasteiger partial charge in [-0.1, -0.05) is 13.0 Å². The molecule has 1 N–H and O–H groups in total. The second-order valence-corrected chi connectivity index (χ2v) is 4.77. The third-order valence-corrected chi connectivity index (χ3v) is 3.26. The van der Waals surface area contributed by atoms with Gasteiger partial charge in [0, 0.05) is 6.42 Å². The molecule has 0 bridgehead atoms. The summed E-state index contributed by atoms with van der Waals surface area (Å²) in [5.74, 6) is -4.70.